The van der Waals surface area contributed by atoms with Crippen LogP contribution in [0.25, 0.3) is 10.8 Å². The SMILES string of the molecule is CNC(c1cccc2cnccc12)C(C)(C)N1CCCC1. The number of benzene rings is 1. The van der Waals surface area contributed by atoms with Crippen LogP contribution in [0.3, 0.4) is 0 Å². The Morgan fingerprint density at radius 3 is 2.67 bits per heavy atom. The standard InChI is InChI=1S/C18H25N3/c1-18(2,21-11-4-5-12-21)17(19-3)16-8-6-7-14-13-20-10-9-15(14)16/h6-10,13,17,19H,4-5,11-12H2,1-3H3. The van der Waals surface area contributed by atoms with Crippen molar-refractivity contribution in [2.24, 2.45) is 0 Å². The van der Waals surface area contributed by atoms with Gasteiger partial charge in [-0.25, -0.2) is 0 Å². The van der Waals surface area contributed by atoms with Crippen LogP contribution in [0.5, 0.6) is 0 Å². The molecule has 112 valence electrons. The summed E-state index contributed by atoms with van der Waals surface area (Å²) < 4.78 is 0. The zero-order chi connectivity index (χ0) is 14.9. The third-order valence-corrected chi connectivity index (χ3v) is 4.94. The first-order chi connectivity index (χ1) is 10.1. The van der Waals surface area contributed by atoms with E-state index in [1.807, 2.05) is 12.4 Å². The number of fused-ring (bicyclic) bond motifs is 1. The molecule has 3 heteroatoms. The molecule has 1 atom stereocenters. The lowest BCUT2D eigenvalue weighted by atomic mass is 9.85. The molecular formula is C18H25N3. The summed E-state index contributed by atoms with van der Waals surface area (Å²) in [6.45, 7) is 7.13. The lowest BCUT2D eigenvalue weighted by Gasteiger charge is -2.42. The predicted octanol–water partition coefficient (Wildman–Crippen LogP) is 3.37. The number of likely N-dealkylation sites (N-methyl/N-ethyl adjacent to an activating group) is 1. The fourth-order valence-corrected chi connectivity index (χ4v) is 3.76. The molecule has 2 aromatic rings. The van der Waals surface area contributed by atoms with E-state index >= 15 is 0 Å². The van der Waals surface area contributed by atoms with Gasteiger partial charge in [-0.3, -0.25) is 9.88 Å². The minimum atomic E-state index is 0.100. The van der Waals surface area contributed by atoms with Gasteiger partial charge < -0.3 is 5.32 Å². The average Bonchev–Trinajstić information content (AvgIpc) is 3.03. The number of hydrogen-bond acceptors (Lipinski definition) is 3. The maximum Gasteiger partial charge on any atom is 0.0505 e. The smallest absolute Gasteiger partial charge is 0.0505 e. The maximum absolute atomic E-state index is 4.25. The van der Waals surface area contributed by atoms with Gasteiger partial charge in [0.15, 0.2) is 0 Å². The number of rotatable bonds is 4. The van der Waals surface area contributed by atoms with E-state index in [1.165, 1.54) is 42.3 Å². The molecule has 0 radical (unpaired) electrons. The molecule has 1 unspecified atom stereocenters. The van der Waals surface area contributed by atoms with Gasteiger partial charge in [-0.15, -0.1) is 0 Å². The van der Waals surface area contributed by atoms with Gasteiger partial charge in [-0.2, -0.15) is 0 Å². The number of nitrogens with one attached hydrogen (secondary N) is 1. The van der Waals surface area contributed by atoms with Crippen LogP contribution in [0.2, 0.25) is 0 Å². The van der Waals surface area contributed by atoms with Crippen LogP contribution < -0.4 is 5.32 Å². The van der Waals surface area contributed by atoms with Crippen LogP contribution in [-0.2, 0) is 0 Å². The highest BCUT2D eigenvalue weighted by molar-refractivity contribution is 5.85. The highest BCUT2D eigenvalue weighted by atomic mass is 15.2. The summed E-state index contributed by atoms with van der Waals surface area (Å²) in [5, 5.41) is 6.09. The van der Waals surface area contributed by atoms with Gasteiger partial charge in [-0.1, -0.05) is 18.2 Å². The molecule has 1 aliphatic rings. The molecule has 3 rings (SSSR count). The summed E-state index contributed by atoms with van der Waals surface area (Å²) in [5.74, 6) is 0. The molecule has 1 saturated heterocycles. The van der Waals surface area contributed by atoms with Gasteiger partial charge in [0.1, 0.15) is 0 Å². The number of hydrogen-bond donors (Lipinski definition) is 1. The average molecular weight is 283 g/mol. The summed E-state index contributed by atoms with van der Waals surface area (Å²) in [7, 11) is 2.07. The van der Waals surface area contributed by atoms with E-state index in [0.717, 1.165) is 0 Å². The van der Waals surface area contributed by atoms with E-state index in [2.05, 4.69) is 60.4 Å². The second-order valence-corrected chi connectivity index (χ2v) is 6.51. The lowest BCUT2D eigenvalue weighted by Crippen LogP contribution is -2.50. The van der Waals surface area contributed by atoms with Gasteiger partial charge >= 0.3 is 0 Å². The van der Waals surface area contributed by atoms with E-state index in [0.29, 0.717) is 6.04 Å². The van der Waals surface area contributed by atoms with E-state index in [-0.39, 0.29) is 5.54 Å². The van der Waals surface area contributed by atoms with E-state index in [1.54, 1.807) is 0 Å². The Kier molecular flexibility index (Phi) is 3.96. The highest BCUT2D eigenvalue weighted by Crippen LogP contribution is 2.36. The zero-order valence-electron chi connectivity index (χ0n) is 13.3. The Morgan fingerprint density at radius 1 is 1.19 bits per heavy atom. The topological polar surface area (TPSA) is 28.2 Å². The Labute approximate surface area is 127 Å². The Hall–Kier alpha value is -1.45. The third kappa shape index (κ3) is 2.56. The fraction of sp³-hybridized carbons (Fsp3) is 0.500. The monoisotopic (exact) mass is 283 g/mol. The van der Waals surface area contributed by atoms with Crippen LogP contribution in [0, 0.1) is 0 Å². The van der Waals surface area contributed by atoms with Gasteiger partial charge in [0.2, 0.25) is 0 Å². The van der Waals surface area contributed by atoms with Crippen molar-refractivity contribution < 1.29 is 0 Å². The molecule has 1 aromatic heterocycles. The van der Waals surface area contributed by atoms with Gasteiger partial charge in [-0.05, 0) is 63.8 Å². The van der Waals surface area contributed by atoms with Crippen molar-refractivity contribution in [2.75, 3.05) is 20.1 Å². The first-order valence-electron chi connectivity index (χ1n) is 7.89. The van der Waals surface area contributed by atoms with Crippen molar-refractivity contribution in [3.05, 3.63) is 42.2 Å². The van der Waals surface area contributed by atoms with E-state index < -0.39 is 0 Å². The second-order valence-electron chi connectivity index (χ2n) is 6.51. The minimum Gasteiger partial charge on any atom is -0.311 e. The van der Waals surface area contributed by atoms with Gasteiger partial charge in [0.05, 0.1) is 6.04 Å². The number of nitrogens with zero attached hydrogens (tertiary/aromatic N) is 2. The number of pyridine rings is 1. The van der Waals surface area contributed by atoms with Crippen molar-refractivity contribution in [2.45, 2.75) is 38.3 Å². The first-order valence-corrected chi connectivity index (χ1v) is 7.89. The van der Waals surface area contributed by atoms with Crippen LogP contribution in [0.15, 0.2) is 36.7 Å². The molecule has 1 aliphatic heterocycles. The molecule has 0 spiro atoms. The normalized spacial score (nSPS) is 18.2. The van der Waals surface area contributed by atoms with Crippen LogP contribution in [0.1, 0.15) is 38.3 Å². The van der Waals surface area contributed by atoms with E-state index in [4.69, 9.17) is 0 Å². The van der Waals surface area contributed by atoms with Crippen molar-refractivity contribution in [3.63, 3.8) is 0 Å². The lowest BCUT2D eigenvalue weighted by molar-refractivity contribution is 0.111. The molecule has 0 aliphatic carbocycles. The Bertz CT molecular complexity index is 609. The zero-order valence-corrected chi connectivity index (χ0v) is 13.3. The molecule has 0 bridgehead atoms. The summed E-state index contributed by atoms with van der Waals surface area (Å²) in [6, 6.07) is 8.98. The van der Waals surface area contributed by atoms with Crippen molar-refractivity contribution >= 4 is 10.8 Å². The largest absolute Gasteiger partial charge is 0.311 e. The molecule has 1 N–H and O–H groups in total. The third-order valence-electron chi connectivity index (χ3n) is 4.94. The van der Waals surface area contributed by atoms with E-state index in [9.17, 15) is 0 Å². The van der Waals surface area contributed by atoms with Gasteiger partial charge in [0.25, 0.3) is 0 Å². The summed E-state index contributed by atoms with van der Waals surface area (Å²) >= 11 is 0. The molecule has 1 aromatic carbocycles. The summed E-state index contributed by atoms with van der Waals surface area (Å²) in [5.41, 5.74) is 1.47. The number of likely N-dealkylation sites (tertiary alicyclic amines) is 1. The highest BCUT2D eigenvalue weighted by Gasteiger charge is 2.37. The van der Waals surface area contributed by atoms with Crippen molar-refractivity contribution in [1.29, 1.82) is 0 Å². The number of aromatic nitrogens is 1. The molecule has 3 nitrogen and oxygen atoms in total. The Balaban J connectivity index is 2.05. The van der Waals surface area contributed by atoms with Crippen LogP contribution in [-0.4, -0.2) is 35.6 Å². The Morgan fingerprint density at radius 2 is 1.95 bits per heavy atom. The van der Waals surface area contributed by atoms with Crippen LogP contribution in [0.4, 0.5) is 0 Å². The molecular weight excluding hydrogens is 258 g/mol. The predicted molar refractivity (Wildman–Crippen MR) is 88.4 cm³/mol. The fourth-order valence-electron chi connectivity index (χ4n) is 3.76. The molecule has 0 amide bonds. The van der Waals surface area contributed by atoms with Crippen molar-refractivity contribution in [3.8, 4) is 0 Å². The minimum absolute atomic E-state index is 0.100. The van der Waals surface area contributed by atoms with Crippen LogP contribution >= 0.6 is 0 Å². The second kappa shape index (κ2) is 5.74. The van der Waals surface area contributed by atoms with Gasteiger partial charge in [0, 0.05) is 23.3 Å². The molecule has 21 heavy (non-hydrogen) atoms. The molecule has 2 heterocycles. The molecule has 0 saturated carbocycles. The summed E-state index contributed by atoms with van der Waals surface area (Å²) in [4.78, 5) is 6.87. The quantitative estimate of drug-likeness (QED) is 0.932. The first kappa shape index (κ1) is 14.5. The van der Waals surface area contributed by atoms with Crippen molar-refractivity contribution in [1.82, 2.24) is 15.2 Å². The summed E-state index contributed by atoms with van der Waals surface area (Å²) in [6.07, 6.45) is 6.48. The molecule has 1 fully saturated rings. The maximum atomic E-state index is 4.25.